The number of halogens is 1. The van der Waals surface area contributed by atoms with Crippen molar-refractivity contribution in [2.24, 2.45) is 0 Å². The fraction of sp³-hybridized carbons (Fsp3) is 0.182. The quantitative estimate of drug-likeness (QED) is 0.133. The molecule has 1 fully saturated rings. The van der Waals surface area contributed by atoms with E-state index in [2.05, 4.69) is 100 Å². The van der Waals surface area contributed by atoms with Crippen molar-refractivity contribution in [1.29, 1.82) is 0 Å². The number of nitrogen functional groups attached to an aromatic ring is 2. The molecular weight excluding hydrogens is 763 g/mol. The van der Waals surface area contributed by atoms with Crippen molar-refractivity contribution in [3.8, 4) is 22.8 Å². The summed E-state index contributed by atoms with van der Waals surface area (Å²) in [6, 6.07) is 39.8. The van der Waals surface area contributed by atoms with Gasteiger partial charge in [0.05, 0.1) is 34.6 Å². The molecule has 0 bridgehead atoms. The number of nitrogens with two attached hydrogens (primary N) is 2. The summed E-state index contributed by atoms with van der Waals surface area (Å²) in [5.41, 5.74) is 19.3. The third-order valence-electron chi connectivity index (χ3n) is 9.94. The molecule has 5 heterocycles. The highest BCUT2D eigenvalue weighted by atomic mass is 79.9. The average Bonchev–Trinajstić information content (AvgIpc) is 3.84. The second kappa shape index (κ2) is 15.7. The summed E-state index contributed by atoms with van der Waals surface area (Å²) in [7, 11) is -0.386. The summed E-state index contributed by atoms with van der Waals surface area (Å²) < 4.78 is 17.1. The minimum absolute atomic E-state index is 0.356. The summed E-state index contributed by atoms with van der Waals surface area (Å²) in [5, 5.41) is 11.1. The molecule has 9 rings (SSSR count). The second-order valence-electron chi connectivity index (χ2n) is 14.7. The molecule has 0 saturated carbocycles. The molecule has 8 aromatic rings. The first-order valence-corrected chi connectivity index (χ1v) is 19.1. The van der Waals surface area contributed by atoms with Crippen molar-refractivity contribution < 1.29 is 9.31 Å². The van der Waals surface area contributed by atoms with Crippen LogP contribution in [-0.4, -0.2) is 47.8 Å². The van der Waals surface area contributed by atoms with Gasteiger partial charge in [0.2, 0.25) is 0 Å². The Kier molecular flexibility index (Phi) is 10.8. The molecule has 0 atom stereocenters. The SMILES string of the molecule is Cc1cccc(-n2ncc3ccc(-c4cccc(N)c4)cc32)n1.Cc1cccc(-n2ncc3ccc(B4OC(C)(C)C(C)(C)O4)cc32)n1.Nc1cccc(Br)c1. The van der Waals surface area contributed by atoms with Gasteiger partial charge in [-0.1, -0.05) is 70.5 Å². The number of nitrogens with zero attached hydrogens (tertiary/aromatic N) is 6. The van der Waals surface area contributed by atoms with Gasteiger partial charge in [-0.2, -0.15) is 10.2 Å². The number of hydrogen-bond donors (Lipinski definition) is 2. The molecule has 0 spiro atoms. The predicted octanol–water partition coefficient (Wildman–Crippen LogP) is 9.04. The zero-order valence-corrected chi connectivity index (χ0v) is 33.9. The van der Waals surface area contributed by atoms with Gasteiger partial charge in [0.15, 0.2) is 11.6 Å². The highest BCUT2D eigenvalue weighted by Crippen LogP contribution is 2.36. The highest BCUT2D eigenvalue weighted by molar-refractivity contribution is 9.10. The third kappa shape index (κ3) is 8.37. The van der Waals surface area contributed by atoms with Crippen molar-refractivity contribution in [3.05, 3.63) is 150 Å². The van der Waals surface area contributed by atoms with Crippen LogP contribution in [0.3, 0.4) is 0 Å². The smallest absolute Gasteiger partial charge is 0.399 e. The number of benzene rings is 4. The van der Waals surface area contributed by atoms with E-state index < -0.39 is 0 Å². The summed E-state index contributed by atoms with van der Waals surface area (Å²) in [4.78, 5) is 9.14. The van der Waals surface area contributed by atoms with Gasteiger partial charge in [-0.15, -0.1) is 0 Å². The molecule has 0 unspecified atom stereocenters. The van der Waals surface area contributed by atoms with Gasteiger partial charge in [-0.3, -0.25) is 0 Å². The van der Waals surface area contributed by atoms with Crippen LogP contribution in [0.25, 0.3) is 44.6 Å². The van der Waals surface area contributed by atoms with E-state index in [4.69, 9.17) is 20.8 Å². The van der Waals surface area contributed by atoms with Crippen molar-refractivity contribution >= 4 is 61.7 Å². The predicted molar refractivity (Wildman–Crippen MR) is 231 cm³/mol. The molecule has 1 aliphatic rings. The molecule has 282 valence electrons. The highest BCUT2D eigenvalue weighted by Gasteiger charge is 2.51. The maximum absolute atomic E-state index is 6.17. The van der Waals surface area contributed by atoms with Crippen LogP contribution in [0.4, 0.5) is 11.4 Å². The summed E-state index contributed by atoms with van der Waals surface area (Å²) >= 11 is 3.28. The molecule has 56 heavy (non-hydrogen) atoms. The molecule has 0 radical (unpaired) electrons. The first-order valence-electron chi connectivity index (χ1n) is 18.3. The Balaban J connectivity index is 0.000000144. The van der Waals surface area contributed by atoms with Crippen LogP contribution in [0, 0.1) is 13.8 Å². The average molecular weight is 808 g/mol. The Morgan fingerprint density at radius 2 is 1.07 bits per heavy atom. The number of fused-ring (bicyclic) bond motifs is 2. The lowest BCUT2D eigenvalue weighted by Crippen LogP contribution is -2.41. The van der Waals surface area contributed by atoms with E-state index in [9.17, 15) is 0 Å². The first-order chi connectivity index (χ1) is 26.8. The van der Waals surface area contributed by atoms with Gasteiger partial charge in [0, 0.05) is 38.0 Å². The molecule has 1 aliphatic heterocycles. The largest absolute Gasteiger partial charge is 0.494 e. The molecule has 4 aromatic heterocycles. The van der Waals surface area contributed by atoms with Gasteiger partial charge in [0.25, 0.3) is 0 Å². The van der Waals surface area contributed by atoms with E-state index in [0.717, 1.165) is 77.3 Å². The van der Waals surface area contributed by atoms with Crippen molar-refractivity contribution in [3.63, 3.8) is 0 Å². The fourth-order valence-corrected chi connectivity index (χ4v) is 6.66. The first kappa shape index (κ1) is 38.5. The Morgan fingerprint density at radius 3 is 1.59 bits per heavy atom. The maximum Gasteiger partial charge on any atom is 0.494 e. The molecule has 4 N–H and O–H groups in total. The molecule has 10 nitrogen and oxygen atoms in total. The van der Waals surface area contributed by atoms with Gasteiger partial charge in [-0.25, -0.2) is 19.3 Å². The zero-order chi connectivity index (χ0) is 39.6. The van der Waals surface area contributed by atoms with Crippen LogP contribution in [0.1, 0.15) is 39.1 Å². The van der Waals surface area contributed by atoms with Crippen LogP contribution >= 0.6 is 15.9 Å². The molecule has 1 saturated heterocycles. The number of anilines is 2. The van der Waals surface area contributed by atoms with Crippen LogP contribution in [0.5, 0.6) is 0 Å². The monoisotopic (exact) mass is 806 g/mol. The van der Waals surface area contributed by atoms with Crippen molar-refractivity contribution in [2.45, 2.75) is 52.7 Å². The number of hydrogen-bond acceptors (Lipinski definition) is 8. The van der Waals surface area contributed by atoms with Gasteiger partial charge in [0.1, 0.15) is 0 Å². The van der Waals surface area contributed by atoms with Crippen LogP contribution < -0.4 is 16.9 Å². The maximum atomic E-state index is 6.17. The molecule has 0 aliphatic carbocycles. The Bertz CT molecular complexity index is 2620. The fourth-order valence-electron chi connectivity index (χ4n) is 6.24. The molecule has 0 amide bonds. The number of pyridine rings is 2. The van der Waals surface area contributed by atoms with Crippen molar-refractivity contribution in [1.82, 2.24) is 29.5 Å². The van der Waals surface area contributed by atoms with E-state index >= 15 is 0 Å². The topological polar surface area (TPSA) is 132 Å². The molecule has 12 heteroatoms. The minimum atomic E-state index is -0.386. The summed E-state index contributed by atoms with van der Waals surface area (Å²) in [5.74, 6) is 1.63. The van der Waals surface area contributed by atoms with Crippen LogP contribution in [0.15, 0.2) is 138 Å². The number of rotatable bonds is 4. The molecular formula is C44H44BBrN8O2. The number of aromatic nitrogens is 6. The Hall–Kier alpha value is -5.82. The minimum Gasteiger partial charge on any atom is -0.399 e. The van der Waals surface area contributed by atoms with Crippen molar-refractivity contribution in [2.75, 3.05) is 11.5 Å². The standard InChI is InChI=1S/C19H22BN3O2.C19H16N4.C6H6BrN/c1-13-7-6-8-17(22-13)23-16-11-15(10-9-14(16)12-21-23)20-24-18(2,3)19(4,5)25-20;1-13-4-2-7-19(22-13)23-18-11-15(8-9-16(18)12-21-23)14-5-3-6-17(20)10-14;7-5-2-1-3-6(8)4-5/h6-12H,1-5H3;2-12H,20H2,1H3;1-4H,8H2. The van der Waals surface area contributed by atoms with E-state index in [1.807, 2.05) is 121 Å². The second-order valence-corrected chi connectivity index (χ2v) is 15.7. The zero-order valence-electron chi connectivity index (χ0n) is 32.3. The van der Waals surface area contributed by atoms with Gasteiger partial charge in [-0.05, 0) is 125 Å². The third-order valence-corrected chi connectivity index (χ3v) is 10.4. The van der Waals surface area contributed by atoms with E-state index in [-0.39, 0.29) is 18.3 Å². The van der Waals surface area contributed by atoms with Gasteiger partial charge >= 0.3 is 7.12 Å². The lowest BCUT2D eigenvalue weighted by molar-refractivity contribution is 0.00578. The Labute approximate surface area is 335 Å². The van der Waals surface area contributed by atoms with Crippen LogP contribution in [-0.2, 0) is 9.31 Å². The molecule has 4 aromatic carbocycles. The summed E-state index contributed by atoms with van der Waals surface area (Å²) in [6.07, 6.45) is 3.72. The lowest BCUT2D eigenvalue weighted by Gasteiger charge is -2.32. The van der Waals surface area contributed by atoms with E-state index in [1.165, 1.54) is 0 Å². The van der Waals surface area contributed by atoms with E-state index in [0.29, 0.717) is 0 Å². The summed E-state index contributed by atoms with van der Waals surface area (Å²) in [6.45, 7) is 12.2. The van der Waals surface area contributed by atoms with Crippen LogP contribution in [0.2, 0.25) is 0 Å². The number of aryl methyl sites for hydroxylation is 2. The lowest BCUT2D eigenvalue weighted by atomic mass is 9.79. The van der Waals surface area contributed by atoms with E-state index in [1.54, 1.807) is 0 Å². The van der Waals surface area contributed by atoms with Gasteiger partial charge < -0.3 is 20.8 Å². The normalized spacial score (nSPS) is 14.2. The Morgan fingerprint density at radius 1 is 0.571 bits per heavy atom.